The number of nitrogens with one attached hydrogen (secondary N) is 3. The van der Waals surface area contributed by atoms with E-state index >= 15 is 0 Å². The summed E-state index contributed by atoms with van der Waals surface area (Å²) in [6.07, 6.45) is 0. The fourth-order valence-electron chi connectivity index (χ4n) is 3.17. The Bertz CT molecular complexity index is 1390. The van der Waals surface area contributed by atoms with Gasteiger partial charge in [0.05, 0.1) is 28.4 Å². The molecule has 3 N–H and O–H groups in total. The third-order valence-electron chi connectivity index (χ3n) is 4.53. The smallest absolute Gasteiger partial charge is 0.348 e. The highest BCUT2D eigenvalue weighted by molar-refractivity contribution is 7.22. The number of aromatic amines is 1. The van der Waals surface area contributed by atoms with E-state index in [-0.39, 0.29) is 5.69 Å². The highest BCUT2D eigenvalue weighted by atomic mass is 32.1. The van der Waals surface area contributed by atoms with Gasteiger partial charge in [-0.2, -0.15) is 0 Å². The Labute approximate surface area is 168 Å². The van der Waals surface area contributed by atoms with Gasteiger partial charge in [-0.3, -0.25) is 0 Å². The number of rotatable bonds is 6. The van der Waals surface area contributed by atoms with Crippen LogP contribution in [0.2, 0.25) is 0 Å². The van der Waals surface area contributed by atoms with Gasteiger partial charge in [-0.1, -0.05) is 23.5 Å². The Morgan fingerprint density at radius 2 is 1.97 bits per heavy atom. The molecular weight excluding hydrogens is 390 g/mol. The minimum atomic E-state index is -0.287. The second-order valence-electron chi connectivity index (χ2n) is 6.34. The van der Waals surface area contributed by atoms with Gasteiger partial charge >= 0.3 is 5.69 Å². The van der Waals surface area contributed by atoms with E-state index in [0.29, 0.717) is 24.6 Å². The molecule has 0 fully saturated rings. The third kappa shape index (κ3) is 3.13. The van der Waals surface area contributed by atoms with Gasteiger partial charge < -0.3 is 15.4 Å². The van der Waals surface area contributed by atoms with Gasteiger partial charge in [0.25, 0.3) is 0 Å². The Morgan fingerprint density at radius 1 is 1.10 bits per heavy atom. The predicted molar refractivity (Wildman–Crippen MR) is 114 cm³/mol. The van der Waals surface area contributed by atoms with Crippen molar-refractivity contribution in [2.45, 2.75) is 0 Å². The van der Waals surface area contributed by atoms with Gasteiger partial charge in [-0.05, 0) is 30.3 Å². The van der Waals surface area contributed by atoms with Crippen LogP contribution in [0.25, 0.3) is 26.9 Å². The molecule has 0 aliphatic rings. The minimum Gasteiger partial charge on any atom is -0.497 e. The first-order valence-electron chi connectivity index (χ1n) is 9.01. The summed E-state index contributed by atoms with van der Waals surface area (Å²) in [6.45, 7) is 1.22. The number of benzene rings is 2. The molecule has 0 bridgehead atoms. The number of anilines is 2. The standard InChI is InChI=1S/C19H17N7O2S/c1-28-11-6-7-13-15(10-11)29-18(23-13)21-9-8-20-16-17-24-25-19(27)26(17)14-5-3-2-4-12(14)22-16/h2-7,10H,8-9H2,1H3,(H,20,22)(H,21,23)(H,25,27). The number of para-hydroxylation sites is 2. The van der Waals surface area contributed by atoms with Crippen LogP contribution in [0.1, 0.15) is 0 Å². The van der Waals surface area contributed by atoms with E-state index in [4.69, 9.17) is 4.74 Å². The van der Waals surface area contributed by atoms with Crippen molar-refractivity contribution in [3.63, 3.8) is 0 Å². The summed E-state index contributed by atoms with van der Waals surface area (Å²) < 4.78 is 7.85. The van der Waals surface area contributed by atoms with Gasteiger partial charge in [0.1, 0.15) is 5.75 Å². The summed E-state index contributed by atoms with van der Waals surface area (Å²) in [5, 5.41) is 14.0. The quantitative estimate of drug-likeness (QED) is 0.371. The molecule has 9 nitrogen and oxygen atoms in total. The van der Waals surface area contributed by atoms with E-state index in [1.54, 1.807) is 18.4 Å². The lowest BCUT2D eigenvalue weighted by Gasteiger charge is -2.09. The van der Waals surface area contributed by atoms with Crippen molar-refractivity contribution < 1.29 is 4.74 Å². The Hall–Kier alpha value is -3.66. The Morgan fingerprint density at radius 3 is 2.86 bits per heavy atom. The van der Waals surface area contributed by atoms with Crippen LogP contribution in [0.15, 0.2) is 47.3 Å². The van der Waals surface area contributed by atoms with Crippen molar-refractivity contribution in [1.82, 2.24) is 24.6 Å². The first kappa shape index (κ1) is 17.4. The molecule has 29 heavy (non-hydrogen) atoms. The number of methoxy groups -OCH3 is 1. The average molecular weight is 407 g/mol. The predicted octanol–water partition coefficient (Wildman–Crippen LogP) is 2.71. The lowest BCUT2D eigenvalue weighted by molar-refractivity contribution is 0.415. The van der Waals surface area contributed by atoms with Crippen LogP contribution in [0, 0.1) is 0 Å². The molecule has 5 aromatic rings. The molecule has 0 aliphatic carbocycles. The number of aromatic nitrogens is 5. The lowest BCUT2D eigenvalue weighted by Crippen LogP contribution is -2.16. The van der Waals surface area contributed by atoms with Crippen LogP contribution in [0.3, 0.4) is 0 Å². The summed E-state index contributed by atoms with van der Waals surface area (Å²) in [5.41, 5.74) is 2.56. The number of thiazole rings is 1. The SMILES string of the molecule is COc1ccc2nc(NCCNc3nc4ccccc4n4c(=O)[nH]nc34)sc2c1. The third-order valence-corrected chi connectivity index (χ3v) is 5.50. The van der Waals surface area contributed by atoms with Crippen LogP contribution < -0.4 is 21.1 Å². The summed E-state index contributed by atoms with van der Waals surface area (Å²) in [6, 6.07) is 13.3. The van der Waals surface area contributed by atoms with Crippen LogP contribution in [-0.4, -0.2) is 44.8 Å². The zero-order valence-corrected chi connectivity index (χ0v) is 16.3. The summed E-state index contributed by atoms with van der Waals surface area (Å²) >= 11 is 1.57. The second-order valence-corrected chi connectivity index (χ2v) is 7.37. The lowest BCUT2D eigenvalue weighted by atomic mass is 10.3. The summed E-state index contributed by atoms with van der Waals surface area (Å²) in [4.78, 5) is 21.3. The molecule has 0 saturated carbocycles. The molecule has 0 atom stereocenters. The Balaban J connectivity index is 1.33. The van der Waals surface area contributed by atoms with Gasteiger partial charge in [0.2, 0.25) is 5.65 Å². The van der Waals surface area contributed by atoms with Gasteiger partial charge in [-0.25, -0.2) is 24.3 Å². The topological polar surface area (TPSA) is 109 Å². The van der Waals surface area contributed by atoms with Crippen LogP contribution in [-0.2, 0) is 0 Å². The largest absolute Gasteiger partial charge is 0.497 e. The number of nitrogens with zero attached hydrogens (tertiary/aromatic N) is 4. The van der Waals surface area contributed by atoms with Crippen molar-refractivity contribution in [3.05, 3.63) is 52.9 Å². The zero-order valence-electron chi connectivity index (χ0n) is 15.5. The van der Waals surface area contributed by atoms with Crippen molar-refractivity contribution in [2.75, 3.05) is 30.8 Å². The van der Waals surface area contributed by atoms with E-state index in [1.165, 1.54) is 4.40 Å². The molecule has 3 heterocycles. The second kappa shape index (κ2) is 7.06. The zero-order chi connectivity index (χ0) is 19.8. The van der Waals surface area contributed by atoms with Crippen molar-refractivity contribution >= 4 is 49.2 Å². The Kier molecular flexibility index (Phi) is 4.24. The molecule has 0 saturated heterocycles. The number of hydrogen-bond acceptors (Lipinski definition) is 8. The highest BCUT2D eigenvalue weighted by Crippen LogP contribution is 2.29. The molecule has 5 rings (SSSR count). The first-order chi connectivity index (χ1) is 14.2. The van der Waals surface area contributed by atoms with Crippen molar-refractivity contribution in [3.8, 4) is 5.75 Å². The van der Waals surface area contributed by atoms with E-state index in [0.717, 1.165) is 32.1 Å². The maximum atomic E-state index is 12.2. The molecule has 0 aliphatic heterocycles. The van der Waals surface area contributed by atoms with Crippen LogP contribution >= 0.6 is 11.3 Å². The van der Waals surface area contributed by atoms with E-state index in [1.807, 2.05) is 42.5 Å². The fourth-order valence-corrected chi connectivity index (χ4v) is 4.09. The van der Waals surface area contributed by atoms with Crippen LogP contribution in [0.4, 0.5) is 10.9 Å². The number of fused-ring (bicyclic) bond motifs is 4. The average Bonchev–Trinajstić information content (AvgIpc) is 3.34. The van der Waals surface area contributed by atoms with E-state index in [2.05, 4.69) is 30.8 Å². The molecular formula is C19H17N7O2S. The molecule has 3 aromatic heterocycles. The van der Waals surface area contributed by atoms with Crippen molar-refractivity contribution in [2.24, 2.45) is 0 Å². The van der Waals surface area contributed by atoms with Gasteiger partial charge in [0.15, 0.2) is 10.9 Å². The number of H-pyrrole nitrogens is 1. The maximum absolute atomic E-state index is 12.2. The molecule has 0 unspecified atom stereocenters. The van der Waals surface area contributed by atoms with Crippen LogP contribution in [0.5, 0.6) is 5.75 Å². The highest BCUT2D eigenvalue weighted by Gasteiger charge is 2.12. The first-order valence-corrected chi connectivity index (χ1v) is 9.83. The number of hydrogen-bond donors (Lipinski definition) is 3. The molecule has 0 spiro atoms. The summed E-state index contributed by atoms with van der Waals surface area (Å²) in [7, 11) is 1.65. The normalized spacial score (nSPS) is 11.3. The van der Waals surface area contributed by atoms with Crippen molar-refractivity contribution in [1.29, 1.82) is 0 Å². The molecule has 146 valence electrons. The maximum Gasteiger partial charge on any atom is 0.348 e. The van der Waals surface area contributed by atoms with Gasteiger partial charge in [-0.15, -0.1) is 5.10 Å². The van der Waals surface area contributed by atoms with Gasteiger partial charge in [0, 0.05) is 13.1 Å². The minimum absolute atomic E-state index is 0.287. The molecule has 10 heteroatoms. The fraction of sp³-hybridized carbons (Fsp3) is 0.158. The van der Waals surface area contributed by atoms with E-state index in [9.17, 15) is 4.79 Å². The van der Waals surface area contributed by atoms with E-state index < -0.39 is 0 Å². The molecule has 0 radical (unpaired) electrons. The molecule has 0 amide bonds. The number of ether oxygens (including phenoxy) is 1. The summed E-state index contributed by atoms with van der Waals surface area (Å²) in [5.74, 6) is 1.37. The molecule has 2 aromatic carbocycles. The monoisotopic (exact) mass is 407 g/mol.